The highest BCUT2D eigenvalue weighted by Crippen LogP contribution is 2.38. The maximum absolute atomic E-state index is 12.2. The molecular weight excluding hydrogens is 384 g/mol. The summed E-state index contributed by atoms with van der Waals surface area (Å²) in [5.74, 6) is -0.832. The van der Waals surface area contributed by atoms with Gasteiger partial charge in [-0.25, -0.2) is 14.3 Å². The number of pyridine rings is 1. The topological polar surface area (TPSA) is 89.2 Å². The highest BCUT2D eigenvalue weighted by molar-refractivity contribution is 6.10. The molecule has 0 radical (unpaired) electrons. The molecule has 0 bridgehead atoms. The number of aromatic nitrogens is 3. The minimum atomic E-state index is -1.12. The van der Waals surface area contributed by atoms with Crippen LogP contribution in [0.4, 0.5) is 5.69 Å². The fourth-order valence-corrected chi connectivity index (χ4v) is 3.90. The van der Waals surface area contributed by atoms with Crippen LogP contribution in [0.2, 0.25) is 0 Å². The minimum Gasteiger partial charge on any atom is -0.486 e. The van der Waals surface area contributed by atoms with E-state index in [2.05, 4.69) is 15.0 Å². The number of ether oxygens (including phenoxy) is 2. The molecule has 1 aliphatic rings. The van der Waals surface area contributed by atoms with Crippen molar-refractivity contribution in [2.75, 3.05) is 31.2 Å². The van der Waals surface area contributed by atoms with Gasteiger partial charge in [-0.2, -0.15) is 5.10 Å². The number of hydrogen-bond acceptors (Lipinski definition) is 6. The maximum atomic E-state index is 12.2. The van der Waals surface area contributed by atoms with Gasteiger partial charge < -0.3 is 19.5 Å². The maximum Gasteiger partial charge on any atom is 0.358 e. The van der Waals surface area contributed by atoms with Gasteiger partial charge in [0.05, 0.1) is 18.6 Å². The van der Waals surface area contributed by atoms with Crippen LogP contribution in [0.1, 0.15) is 16.1 Å². The molecule has 8 nitrogen and oxygen atoms in total. The molecule has 0 aliphatic carbocycles. The van der Waals surface area contributed by atoms with E-state index in [9.17, 15) is 9.90 Å². The van der Waals surface area contributed by atoms with Crippen molar-refractivity contribution >= 4 is 28.1 Å². The smallest absolute Gasteiger partial charge is 0.358 e. The zero-order chi connectivity index (χ0) is 20.5. The number of carboxylic acids is 1. The van der Waals surface area contributed by atoms with Crippen LogP contribution in [0.5, 0.6) is 5.75 Å². The molecule has 0 atom stereocenters. The molecule has 3 heterocycles. The number of rotatable bonds is 5. The lowest BCUT2D eigenvalue weighted by atomic mass is 10.1. The fourth-order valence-electron chi connectivity index (χ4n) is 3.90. The first-order chi connectivity index (χ1) is 14.7. The van der Waals surface area contributed by atoms with Crippen molar-refractivity contribution in [1.82, 2.24) is 14.6 Å². The summed E-state index contributed by atoms with van der Waals surface area (Å²) in [7, 11) is 0. The second-order valence-corrected chi connectivity index (χ2v) is 7.05. The minimum absolute atomic E-state index is 0.0370. The van der Waals surface area contributed by atoms with Crippen molar-refractivity contribution in [3.05, 3.63) is 66.1 Å². The van der Waals surface area contributed by atoms with Crippen molar-refractivity contribution in [2.24, 2.45) is 0 Å². The standard InChI is InChI=1S/C22H20N4O4/c27-22(28)19-20(30-13-15-5-2-1-3-6-15)16-7-4-8-17(25-9-11-29-12-10-25)18(16)21-23-14-24-26(19)21/h1-8,14H,9-13H2,(H,27,28). The van der Waals surface area contributed by atoms with Gasteiger partial charge in [0, 0.05) is 24.2 Å². The second-order valence-electron chi connectivity index (χ2n) is 7.05. The Kier molecular flexibility index (Phi) is 4.68. The average molecular weight is 404 g/mol. The van der Waals surface area contributed by atoms with E-state index < -0.39 is 5.97 Å². The monoisotopic (exact) mass is 404 g/mol. The Morgan fingerprint density at radius 2 is 1.90 bits per heavy atom. The van der Waals surface area contributed by atoms with Gasteiger partial charge in [-0.15, -0.1) is 0 Å². The van der Waals surface area contributed by atoms with Crippen molar-refractivity contribution in [3.63, 3.8) is 0 Å². The van der Waals surface area contributed by atoms with Crippen molar-refractivity contribution < 1.29 is 19.4 Å². The lowest BCUT2D eigenvalue weighted by Gasteiger charge is -2.30. The lowest BCUT2D eigenvalue weighted by molar-refractivity contribution is 0.0682. The highest BCUT2D eigenvalue weighted by Gasteiger charge is 2.26. The first-order valence-corrected chi connectivity index (χ1v) is 9.75. The molecule has 30 heavy (non-hydrogen) atoms. The molecule has 5 rings (SSSR count). The Bertz CT molecular complexity index is 1220. The fraction of sp³-hybridized carbons (Fsp3) is 0.227. The zero-order valence-electron chi connectivity index (χ0n) is 16.2. The molecule has 1 fully saturated rings. The van der Waals surface area contributed by atoms with Crippen LogP contribution in [0.25, 0.3) is 16.4 Å². The Morgan fingerprint density at radius 3 is 2.67 bits per heavy atom. The quantitative estimate of drug-likeness (QED) is 0.547. The molecule has 1 N–H and O–H groups in total. The first-order valence-electron chi connectivity index (χ1n) is 9.75. The molecule has 2 aromatic carbocycles. The van der Waals surface area contributed by atoms with E-state index in [0.29, 0.717) is 24.2 Å². The van der Waals surface area contributed by atoms with E-state index >= 15 is 0 Å². The normalized spacial score (nSPS) is 14.3. The van der Waals surface area contributed by atoms with Crippen molar-refractivity contribution in [2.45, 2.75) is 6.61 Å². The predicted molar refractivity (Wildman–Crippen MR) is 111 cm³/mol. The highest BCUT2D eigenvalue weighted by atomic mass is 16.5. The Balaban J connectivity index is 1.73. The molecule has 152 valence electrons. The Hall–Kier alpha value is -3.65. The molecule has 0 amide bonds. The third-order valence-electron chi connectivity index (χ3n) is 5.27. The molecule has 0 spiro atoms. The summed E-state index contributed by atoms with van der Waals surface area (Å²) >= 11 is 0. The van der Waals surface area contributed by atoms with E-state index in [4.69, 9.17) is 9.47 Å². The molecule has 1 saturated heterocycles. The number of carboxylic acid groups (broad SMARTS) is 1. The summed E-state index contributed by atoms with van der Waals surface area (Å²) in [6.07, 6.45) is 1.37. The van der Waals surface area contributed by atoms with Crippen molar-refractivity contribution in [1.29, 1.82) is 0 Å². The summed E-state index contributed by atoms with van der Waals surface area (Å²) in [4.78, 5) is 18.8. The van der Waals surface area contributed by atoms with E-state index in [1.54, 1.807) is 0 Å². The van der Waals surface area contributed by atoms with E-state index in [-0.39, 0.29) is 18.1 Å². The van der Waals surface area contributed by atoms with Crippen molar-refractivity contribution in [3.8, 4) is 5.75 Å². The van der Waals surface area contributed by atoms with Crippen LogP contribution >= 0.6 is 0 Å². The molecule has 8 heteroatoms. The SMILES string of the molecule is O=C(O)c1c(OCc2ccccc2)c2cccc(N3CCOCC3)c2c2ncnn12. The van der Waals surface area contributed by atoms with Crippen LogP contribution in [0.15, 0.2) is 54.9 Å². The largest absolute Gasteiger partial charge is 0.486 e. The van der Waals surface area contributed by atoms with E-state index in [1.165, 1.54) is 10.8 Å². The van der Waals surface area contributed by atoms with Gasteiger partial charge in [-0.3, -0.25) is 0 Å². The van der Waals surface area contributed by atoms with Crippen LogP contribution in [0.3, 0.4) is 0 Å². The van der Waals surface area contributed by atoms with Gasteiger partial charge in [-0.05, 0) is 11.6 Å². The molecule has 2 aromatic heterocycles. The average Bonchev–Trinajstić information content (AvgIpc) is 3.27. The third kappa shape index (κ3) is 3.11. The van der Waals surface area contributed by atoms with Gasteiger partial charge in [0.2, 0.25) is 0 Å². The lowest BCUT2D eigenvalue weighted by Crippen LogP contribution is -2.36. The van der Waals surface area contributed by atoms with Crippen LogP contribution < -0.4 is 9.64 Å². The number of hydrogen-bond donors (Lipinski definition) is 1. The number of morpholine rings is 1. The van der Waals surface area contributed by atoms with Crippen LogP contribution in [-0.2, 0) is 11.3 Å². The first kappa shape index (κ1) is 18.4. The number of benzene rings is 2. The summed E-state index contributed by atoms with van der Waals surface area (Å²) in [6.45, 7) is 3.03. The summed E-state index contributed by atoms with van der Waals surface area (Å²) in [5, 5.41) is 15.7. The number of carbonyl (C=O) groups is 1. The van der Waals surface area contributed by atoms with E-state index in [0.717, 1.165) is 29.7 Å². The predicted octanol–water partition coefficient (Wildman–Crippen LogP) is 3.00. The van der Waals surface area contributed by atoms with Gasteiger partial charge in [-0.1, -0.05) is 42.5 Å². The number of aromatic carboxylic acids is 1. The summed E-state index contributed by atoms with van der Waals surface area (Å²) < 4.78 is 13.0. The van der Waals surface area contributed by atoms with Gasteiger partial charge in [0.25, 0.3) is 0 Å². The molecule has 0 unspecified atom stereocenters. The molecule has 1 aliphatic heterocycles. The second kappa shape index (κ2) is 7.64. The van der Waals surface area contributed by atoms with Gasteiger partial charge >= 0.3 is 5.97 Å². The van der Waals surface area contributed by atoms with Gasteiger partial charge in [0.1, 0.15) is 12.9 Å². The number of fused-ring (bicyclic) bond motifs is 3. The Morgan fingerprint density at radius 1 is 1.10 bits per heavy atom. The third-order valence-corrected chi connectivity index (χ3v) is 5.27. The molecular formula is C22H20N4O4. The summed E-state index contributed by atoms with van der Waals surface area (Å²) in [6, 6.07) is 15.5. The van der Waals surface area contributed by atoms with Crippen LogP contribution in [0, 0.1) is 0 Å². The Labute approximate surface area is 172 Å². The number of nitrogens with zero attached hydrogens (tertiary/aromatic N) is 4. The molecule has 4 aromatic rings. The van der Waals surface area contributed by atoms with E-state index in [1.807, 2.05) is 48.5 Å². The summed E-state index contributed by atoms with van der Waals surface area (Å²) in [5.41, 5.74) is 2.38. The van der Waals surface area contributed by atoms with Crippen LogP contribution in [-0.4, -0.2) is 52.0 Å². The zero-order valence-corrected chi connectivity index (χ0v) is 16.2. The number of anilines is 1. The van der Waals surface area contributed by atoms with Gasteiger partial charge in [0.15, 0.2) is 17.1 Å². The molecule has 0 saturated carbocycles.